The van der Waals surface area contributed by atoms with Crippen LogP contribution in [0, 0.1) is 0 Å². The zero-order chi connectivity index (χ0) is 30.8. The molecule has 1 aliphatic carbocycles. The minimum Gasteiger partial charge on any atom is -0.264 e. The summed E-state index contributed by atoms with van der Waals surface area (Å²) in [7, 11) is 0. The van der Waals surface area contributed by atoms with Crippen molar-refractivity contribution in [3.05, 3.63) is 151 Å². The van der Waals surface area contributed by atoms with E-state index in [0.29, 0.717) is 5.82 Å². The molecular formula is C42H29N3S. The Hall–Kier alpha value is -5.45. The third-order valence-electron chi connectivity index (χ3n) is 9.42. The fraction of sp³-hybridized carbons (Fsp3) is 0.0714. The fourth-order valence-corrected chi connectivity index (χ4v) is 8.05. The molecule has 9 rings (SSSR count). The van der Waals surface area contributed by atoms with Gasteiger partial charge in [-0.25, -0.2) is 9.97 Å². The van der Waals surface area contributed by atoms with Crippen LogP contribution < -0.4 is 0 Å². The van der Waals surface area contributed by atoms with Crippen LogP contribution in [-0.4, -0.2) is 15.0 Å². The Morgan fingerprint density at radius 2 is 1.17 bits per heavy atom. The van der Waals surface area contributed by atoms with E-state index in [4.69, 9.17) is 9.97 Å². The van der Waals surface area contributed by atoms with E-state index in [9.17, 15) is 0 Å². The fourth-order valence-electron chi connectivity index (χ4n) is 6.97. The van der Waals surface area contributed by atoms with Crippen molar-refractivity contribution in [2.24, 2.45) is 0 Å². The van der Waals surface area contributed by atoms with Gasteiger partial charge >= 0.3 is 0 Å². The predicted octanol–water partition coefficient (Wildman–Crippen LogP) is 11.2. The van der Waals surface area contributed by atoms with Crippen LogP contribution in [0.15, 0.2) is 140 Å². The molecule has 0 N–H and O–H groups in total. The van der Waals surface area contributed by atoms with Crippen molar-refractivity contribution < 1.29 is 0 Å². The van der Waals surface area contributed by atoms with Gasteiger partial charge in [-0.05, 0) is 69.8 Å². The molecule has 0 bridgehead atoms. The Morgan fingerprint density at radius 1 is 0.500 bits per heavy atom. The van der Waals surface area contributed by atoms with Gasteiger partial charge in [-0.3, -0.25) is 4.98 Å². The van der Waals surface area contributed by atoms with Gasteiger partial charge in [0.25, 0.3) is 0 Å². The van der Waals surface area contributed by atoms with Crippen LogP contribution in [0.3, 0.4) is 0 Å². The molecule has 0 spiro atoms. The minimum absolute atomic E-state index is 0.0895. The molecule has 5 aromatic carbocycles. The van der Waals surface area contributed by atoms with Crippen LogP contribution in [0.2, 0.25) is 0 Å². The Labute approximate surface area is 271 Å². The average molecular weight is 608 g/mol. The van der Waals surface area contributed by atoms with Crippen LogP contribution >= 0.6 is 11.3 Å². The highest BCUT2D eigenvalue weighted by Gasteiger charge is 2.35. The maximum Gasteiger partial charge on any atom is 0.160 e. The summed E-state index contributed by atoms with van der Waals surface area (Å²) >= 11 is 1.83. The van der Waals surface area contributed by atoms with E-state index in [1.54, 1.807) is 6.20 Å². The van der Waals surface area contributed by atoms with Gasteiger partial charge in [0.2, 0.25) is 0 Å². The molecule has 0 saturated heterocycles. The second-order valence-electron chi connectivity index (χ2n) is 12.5. The van der Waals surface area contributed by atoms with Crippen molar-refractivity contribution in [3.8, 4) is 56.2 Å². The Kier molecular flexibility index (Phi) is 6.02. The van der Waals surface area contributed by atoms with Gasteiger partial charge in [0.05, 0.1) is 11.4 Å². The Balaban J connectivity index is 1.21. The van der Waals surface area contributed by atoms with E-state index >= 15 is 0 Å². The highest BCUT2D eigenvalue weighted by molar-refractivity contribution is 7.25. The van der Waals surface area contributed by atoms with Gasteiger partial charge < -0.3 is 0 Å². The topological polar surface area (TPSA) is 38.7 Å². The van der Waals surface area contributed by atoms with Gasteiger partial charge in [-0.1, -0.05) is 105 Å². The second-order valence-corrected chi connectivity index (χ2v) is 13.6. The van der Waals surface area contributed by atoms with Gasteiger partial charge in [-0.15, -0.1) is 11.3 Å². The van der Waals surface area contributed by atoms with E-state index in [1.807, 2.05) is 23.6 Å². The van der Waals surface area contributed by atoms with Crippen molar-refractivity contribution in [1.29, 1.82) is 0 Å². The largest absolute Gasteiger partial charge is 0.264 e. The van der Waals surface area contributed by atoms with Crippen molar-refractivity contribution >= 4 is 31.5 Å². The number of hydrogen-bond acceptors (Lipinski definition) is 4. The molecule has 218 valence electrons. The maximum atomic E-state index is 5.21. The normalized spacial score (nSPS) is 13.2. The predicted molar refractivity (Wildman–Crippen MR) is 192 cm³/mol. The first-order valence-electron chi connectivity index (χ1n) is 15.6. The molecule has 8 aromatic rings. The van der Waals surface area contributed by atoms with E-state index in [2.05, 4.69) is 140 Å². The monoisotopic (exact) mass is 607 g/mol. The molecule has 1 aliphatic rings. The summed E-state index contributed by atoms with van der Waals surface area (Å²) < 4.78 is 2.58. The number of fused-ring (bicyclic) bond motifs is 6. The zero-order valence-corrected chi connectivity index (χ0v) is 26.3. The van der Waals surface area contributed by atoms with E-state index in [0.717, 1.165) is 39.2 Å². The highest BCUT2D eigenvalue weighted by Crippen LogP contribution is 2.49. The maximum absolute atomic E-state index is 5.21. The van der Waals surface area contributed by atoms with Crippen LogP contribution in [0.4, 0.5) is 0 Å². The van der Waals surface area contributed by atoms with E-state index in [-0.39, 0.29) is 5.41 Å². The smallest absolute Gasteiger partial charge is 0.160 e. The molecular weight excluding hydrogens is 579 g/mol. The molecule has 0 unspecified atom stereocenters. The molecule has 3 aromatic heterocycles. The lowest BCUT2D eigenvalue weighted by atomic mass is 9.82. The summed E-state index contributed by atoms with van der Waals surface area (Å²) in [6, 6.07) is 45.6. The number of nitrogens with zero attached hydrogens (tertiary/aromatic N) is 3. The number of pyridine rings is 1. The third-order valence-corrected chi connectivity index (χ3v) is 10.6. The lowest BCUT2D eigenvalue weighted by molar-refractivity contribution is 0.660. The molecule has 0 radical (unpaired) electrons. The van der Waals surface area contributed by atoms with Crippen LogP contribution in [0.5, 0.6) is 0 Å². The van der Waals surface area contributed by atoms with Crippen molar-refractivity contribution in [1.82, 2.24) is 15.0 Å². The highest BCUT2D eigenvalue weighted by atomic mass is 32.1. The quantitative estimate of drug-likeness (QED) is 0.200. The van der Waals surface area contributed by atoms with Gasteiger partial charge in [0, 0.05) is 54.7 Å². The van der Waals surface area contributed by atoms with Crippen LogP contribution in [0.25, 0.3) is 76.3 Å². The molecule has 3 heterocycles. The SMILES string of the molecule is CC1(C)c2ccccc2-c2ccc(-c3cc(-c4ccc5sc6ccccc6c5c4)nc(-c4ccc(-c5cccnc5)cc4)n3)cc21. The summed E-state index contributed by atoms with van der Waals surface area (Å²) in [5, 5.41) is 2.54. The summed E-state index contributed by atoms with van der Waals surface area (Å²) in [4.78, 5) is 14.7. The summed E-state index contributed by atoms with van der Waals surface area (Å²) in [6.45, 7) is 4.64. The number of benzene rings is 5. The first kappa shape index (κ1) is 26.9. The molecule has 3 nitrogen and oxygen atoms in total. The van der Waals surface area contributed by atoms with Crippen molar-refractivity contribution in [2.75, 3.05) is 0 Å². The second kappa shape index (κ2) is 10.3. The Bertz CT molecular complexity index is 2440. The molecule has 0 saturated carbocycles. The molecule has 0 fully saturated rings. The molecule has 0 amide bonds. The molecule has 0 atom stereocenters. The standard InChI is InChI=1S/C42H29N3S/c1-42(2)35-11-5-3-9-31(35)32-19-17-29(23-36(32)42)38-24-37(28-18-20-40-34(22-28)33-10-4-6-12-39(33)46-40)44-41(45-38)27-15-13-26(14-16-27)30-8-7-21-43-25-30/h3-25H,1-2H3. The first-order chi connectivity index (χ1) is 22.5. The molecule has 4 heteroatoms. The zero-order valence-electron chi connectivity index (χ0n) is 25.5. The number of hydrogen-bond donors (Lipinski definition) is 0. The summed E-state index contributed by atoms with van der Waals surface area (Å²) in [5.41, 5.74) is 12.4. The molecule has 0 aliphatic heterocycles. The van der Waals surface area contributed by atoms with Gasteiger partial charge in [-0.2, -0.15) is 0 Å². The van der Waals surface area contributed by atoms with Crippen molar-refractivity contribution in [3.63, 3.8) is 0 Å². The van der Waals surface area contributed by atoms with Crippen molar-refractivity contribution in [2.45, 2.75) is 19.3 Å². The minimum atomic E-state index is -0.0895. The number of rotatable bonds is 4. The molecule has 46 heavy (non-hydrogen) atoms. The average Bonchev–Trinajstić information content (AvgIpc) is 3.60. The lowest BCUT2D eigenvalue weighted by Gasteiger charge is -2.22. The third kappa shape index (κ3) is 4.29. The van der Waals surface area contributed by atoms with Crippen LogP contribution in [0.1, 0.15) is 25.0 Å². The summed E-state index contributed by atoms with van der Waals surface area (Å²) in [6.07, 6.45) is 3.69. The first-order valence-corrected chi connectivity index (χ1v) is 16.4. The lowest BCUT2D eigenvalue weighted by Crippen LogP contribution is -2.14. The number of aromatic nitrogens is 3. The number of thiophene rings is 1. The Morgan fingerprint density at radius 3 is 2.00 bits per heavy atom. The van der Waals surface area contributed by atoms with E-state index < -0.39 is 0 Å². The van der Waals surface area contributed by atoms with Gasteiger partial charge in [0.1, 0.15) is 0 Å². The summed E-state index contributed by atoms with van der Waals surface area (Å²) in [5.74, 6) is 0.712. The van der Waals surface area contributed by atoms with Gasteiger partial charge in [0.15, 0.2) is 5.82 Å². The van der Waals surface area contributed by atoms with Crippen LogP contribution in [-0.2, 0) is 5.41 Å². The van der Waals surface area contributed by atoms with E-state index in [1.165, 1.54) is 42.4 Å².